The standard InChI is InChI=1S/C16H25NO/c1-16(2,11-17-3)15-7-5-6-12-8-9-13(18-4)10-14(12)15/h14-15,17H,5-7,10-11H2,1-4H3. The Morgan fingerprint density at radius 1 is 1.39 bits per heavy atom. The molecule has 0 aliphatic heterocycles. The van der Waals surface area contributed by atoms with Crippen molar-refractivity contribution in [2.75, 3.05) is 20.7 Å². The molecule has 0 radical (unpaired) electrons. The quantitative estimate of drug-likeness (QED) is 0.770. The summed E-state index contributed by atoms with van der Waals surface area (Å²) in [7, 11) is 3.79. The third-order valence-electron chi connectivity index (χ3n) is 4.54. The molecule has 2 nitrogen and oxygen atoms in total. The molecule has 2 unspecified atom stereocenters. The lowest BCUT2D eigenvalue weighted by atomic mass is 9.62. The SMILES string of the molecule is CNCC(C)(C)C1CCCC2=C=C=C(OC)CC21. The third kappa shape index (κ3) is 2.57. The molecule has 18 heavy (non-hydrogen) atoms. The van der Waals surface area contributed by atoms with E-state index in [0.717, 1.165) is 18.7 Å². The second-order valence-electron chi connectivity index (χ2n) is 6.23. The van der Waals surface area contributed by atoms with Crippen LogP contribution in [-0.4, -0.2) is 20.7 Å². The normalized spacial score (nSPS) is 27.3. The number of nitrogens with one attached hydrogen (secondary N) is 1. The van der Waals surface area contributed by atoms with E-state index >= 15 is 0 Å². The minimum absolute atomic E-state index is 0.322. The average molecular weight is 247 g/mol. The Hall–Kier alpha value is -0.940. The van der Waals surface area contributed by atoms with Gasteiger partial charge >= 0.3 is 0 Å². The van der Waals surface area contributed by atoms with E-state index in [2.05, 4.69) is 30.6 Å². The number of fused-ring (bicyclic) bond motifs is 1. The Kier molecular flexibility index (Phi) is 4.02. The fourth-order valence-corrected chi connectivity index (χ4v) is 3.62. The lowest BCUT2D eigenvalue weighted by Crippen LogP contribution is -2.40. The van der Waals surface area contributed by atoms with E-state index in [1.54, 1.807) is 7.11 Å². The zero-order valence-electron chi connectivity index (χ0n) is 12.1. The van der Waals surface area contributed by atoms with Crippen molar-refractivity contribution in [3.05, 3.63) is 22.8 Å². The van der Waals surface area contributed by atoms with E-state index in [1.165, 1.54) is 24.8 Å². The number of ether oxygens (including phenoxy) is 1. The van der Waals surface area contributed by atoms with Crippen LogP contribution in [0.3, 0.4) is 0 Å². The van der Waals surface area contributed by atoms with Gasteiger partial charge in [0.25, 0.3) is 0 Å². The highest BCUT2D eigenvalue weighted by molar-refractivity contribution is 5.19. The van der Waals surface area contributed by atoms with Gasteiger partial charge in [0.2, 0.25) is 0 Å². The second-order valence-corrected chi connectivity index (χ2v) is 6.23. The van der Waals surface area contributed by atoms with Crippen LogP contribution in [0, 0.1) is 17.3 Å². The van der Waals surface area contributed by atoms with Crippen LogP contribution in [0.5, 0.6) is 0 Å². The van der Waals surface area contributed by atoms with Crippen LogP contribution in [0.1, 0.15) is 39.5 Å². The van der Waals surface area contributed by atoms with Crippen molar-refractivity contribution < 1.29 is 4.74 Å². The second kappa shape index (κ2) is 5.36. The van der Waals surface area contributed by atoms with E-state index in [0.29, 0.717) is 17.3 Å². The first kappa shape index (κ1) is 13.5. The van der Waals surface area contributed by atoms with Crippen LogP contribution in [0.4, 0.5) is 0 Å². The van der Waals surface area contributed by atoms with Crippen LogP contribution in [0.25, 0.3) is 0 Å². The molecule has 0 saturated heterocycles. The molecule has 1 saturated carbocycles. The summed E-state index contributed by atoms with van der Waals surface area (Å²) in [5.41, 5.74) is 8.31. The summed E-state index contributed by atoms with van der Waals surface area (Å²) in [6.45, 7) is 5.83. The van der Waals surface area contributed by atoms with Crippen LogP contribution in [0.2, 0.25) is 0 Å². The molecule has 0 aromatic heterocycles. The average Bonchev–Trinajstić information content (AvgIpc) is 2.37. The molecule has 0 amide bonds. The van der Waals surface area contributed by atoms with Crippen LogP contribution in [-0.2, 0) is 4.74 Å². The Labute approximate surface area is 111 Å². The van der Waals surface area contributed by atoms with Gasteiger partial charge in [-0.25, -0.2) is 0 Å². The number of allylic oxidation sites excluding steroid dienone is 2. The van der Waals surface area contributed by atoms with Crippen molar-refractivity contribution in [1.82, 2.24) is 5.32 Å². The van der Waals surface area contributed by atoms with Crippen LogP contribution in [0.15, 0.2) is 22.8 Å². The molecule has 1 fully saturated rings. The smallest absolute Gasteiger partial charge is 0.146 e. The lowest BCUT2D eigenvalue weighted by molar-refractivity contribution is 0.111. The molecule has 2 aliphatic rings. The number of methoxy groups -OCH3 is 1. The first-order chi connectivity index (χ1) is 8.58. The summed E-state index contributed by atoms with van der Waals surface area (Å²) in [5.74, 6) is 2.29. The van der Waals surface area contributed by atoms with Gasteiger partial charge in [-0.1, -0.05) is 19.6 Å². The van der Waals surface area contributed by atoms with Gasteiger partial charge in [-0.05, 0) is 54.9 Å². The number of hydrogen-bond acceptors (Lipinski definition) is 2. The molecule has 1 N–H and O–H groups in total. The summed E-state index contributed by atoms with van der Waals surface area (Å²) in [5, 5.41) is 3.34. The monoisotopic (exact) mass is 247 g/mol. The van der Waals surface area contributed by atoms with Gasteiger partial charge in [0.15, 0.2) is 0 Å². The third-order valence-corrected chi connectivity index (χ3v) is 4.54. The van der Waals surface area contributed by atoms with Gasteiger partial charge < -0.3 is 10.1 Å². The molecular weight excluding hydrogens is 222 g/mol. The molecule has 0 aromatic carbocycles. The van der Waals surface area contributed by atoms with Gasteiger partial charge in [0.1, 0.15) is 5.76 Å². The predicted octanol–water partition coefficient (Wildman–Crippen LogP) is 3.26. The zero-order chi connectivity index (χ0) is 13.2. The van der Waals surface area contributed by atoms with Gasteiger partial charge in [0, 0.05) is 13.0 Å². The van der Waals surface area contributed by atoms with Gasteiger partial charge in [-0.15, -0.1) is 0 Å². The molecule has 2 atom stereocenters. The first-order valence-corrected chi connectivity index (χ1v) is 7.00. The van der Waals surface area contributed by atoms with Crippen LogP contribution < -0.4 is 5.32 Å². The van der Waals surface area contributed by atoms with Crippen molar-refractivity contribution in [1.29, 1.82) is 0 Å². The van der Waals surface area contributed by atoms with Crippen molar-refractivity contribution >= 4 is 0 Å². The highest BCUT2D eigenvalue weighted by atomic mass is 16.5. The predicted molar refractivity (Wildman–Crippen MR) is 74.2 cm³/mol. The molecule has 0 heterocycles. The van der Waals surface area contributed by atoms with E-state index in [4.69, 9.17) is 4.74 Å². The van der Waals surface area contributed by atoms with Gasteiger partial charge in [0.05, 0.1) is 7.11 Å². The maximum Gasteiger partial charge on any atom is 0.146 e. The molecular formula is C16H25NO. The summed E-state index contributed by atoms with van der Waals surface area (Å²) in [6.07, 6.45) is 4.82. The van der Waals surface area contributed by atoms with Crippen molar-refractivity contribution in [2.24, 2.45) is 17.3 Å². The topological polar surface area (TPSA) is 21.3 Å². The van der Waals surface area contributed by atoms with E-state index in [-0.39, 0.29) is 0 Å². The summed E-state index contributed by atoms with van der Waals surface area (Å²) in [6, 6.07) is 0. The van der Waals surface area contributed by atoms with E-state index in [9.17, 15) is 0 Å². The molecule has 2 heteroatoms. The van der Waals surface area contributed by atoms with Gasteiger partial charge in [-0.2, -0.15) is 0 Å². The molecule has 2 aliphatic carbocycles. The fraction of sp³-hybridized carbons (Fsp3) is 0.750. The molecule has 0 bridgehead atoms. The molecule has 2 rings (SSSR count). The Morgan fingerprint density at radius 3 is 2.83 bits per heavy atom. The fourth-order valence-electron chi connectivity index (χ4n) is 3.62. The van der Waals surface area contributed by atoms with E-state index in [1.807, 2.05) is 7.05 Å². The zero-order valence-corrected chi connectivity index (χ0v) is 12.1. The number of hydrogen-bond donors (Lipinski definition) is 1. The number of rotatable bonds is 4. The molecule has 0 aromatic rings. The van der Waals surface area contributed by atoms with Crippen LogP contribution >= 0.6 is 0 Å². The molecule has 100 valence electrons. The Balaban J connectivity index is 2.24. The summed E-state index contributed by atoms with van der Waals surface area (Å²) < 4.78 is 5.38. The first-order valence-electron chi connectivity index (χ1n) is 7.00. The van der Waals surface area contributed by atoms with Crippen molar-refractivity contribution in [3.8, 4) is 0 Å². The Morgan fingerprint density at radius 2 is 2.17 bits per heavy atom. The minimum atomic E-state index is 0.322. The van der Waals surface area contributed by atoms with Crippen molar-refractivity contribution in [2.45, 2.75) is 39.5 Å². The van der Waals surface area contributed by atoms with Gasteiger partial charge in [-0.3, -0.25) is 0 Å². The summed E-state index contributed by atoms with van der Waals surface area (Å²) in [4.78, 5) is 0. The van der Waals surface area contributed by atoms with E-state index < -0.39 is 0 Å². The Bertz CT molecular complexity index is 409. The highest BCUT2D eigenvalue weighted by Gasteiger charge is 2.40. The van der Waals surface area contributed by atoms with Crippen molar-refractivity contribution in [3.63, 3.8) is 0 Å². The summed E-state index contributed by atoms with van der Waals surface area (Å²) >= 11 is 0. The minimum Gasteiger partial charge on any atom is -0.492 e. The molecule has 0 spiro atoms. The maximum absolute atomic E-state index is 5.38. The largest absolute Gasteiger partial charge is 0.492 e. The lowest BCUT2D eigenvalue weighted by Gasteiger charge is -2.43. The maximum atomic E-state index is 5.38. The highest BCUT2D eigenvalue weighted by Crippen LogP contribution is 2.47.